The van der Waals surface area contributed by atoms with E-state index in [0.29, 0.717) is 0 Å². The number of fused-ring (bicyclic) bond motifs is 1. The van der Waals surface area contributed by atoms with Crippen LogP contribution >= 0.6 is 0 Å². The van der Waals surface area contributed by atoms with Crippen LogP contribution in [0, 0.1) is 6.42 Å². The van der Waals surface area contributed by atoms with Crippen molar-refractivity contribution < 1.29 is 0 Å². The molecule has 1 aromatic carbocycles. The van der Waals surface area contributed by atoms with Gasteiger partial charge in [0.1, 0.15) is 0 Å². The lowest BCUT2D eigenvalue weighted by Gasteiger charge is -2.04. The number of benzene rings is 1. The Morgan fingerprint density at radius 3 is 2.60 bits per heavy atom. The van der Waals surface area contributed by atoms with Gasteiger partial charge in [-0.25, -0.2) is 0 Å². The number of pyridine rings is 1. The number of nitrogens with zero attached hydrogens (tertiary/aromatic N) is 1. The van der Waals surface area contributed by atoms with Crippen molar-refractivity contribution in [3.05, 3.63) is 78.0 Å². The average molecular weight is 192 g/mol. The summed E-state index contributed by atoms with van der Waals surface area (Å²) < 4.78 is 0. The lowest BCUT2D eigenvalue weighted by molar-refractivity contribution is 1.28. The molecule has 1 radical (unpaired) electrons. The molecule has 71 valence electrons. The van der Waals surface area contributed by atoms with Gasteiger partial charge in [0.2, 0.25) is 0 Å². The predicted molar refractivity (Wildman–Crippen MR) is 61.2 cm³/mol. The van der Waals surface area contributed by atoms with Gasteiger partial charge in [-0.1, -0.05) is 36.4 Å². The quantitative estimate of drug-likeness (QED) is 0.676. The molecule has 0 spiro atoms. The summed E-state index contributed by atoms with van der Waals surface area (Å²) in [5, 5.41) is 0. The molecular formula is C14H10N. The van der Waals surface area contributed by atoms with Crippen molar-refractivity contribution in [1.82, 2.24) is 4.98 Å². The van der Waals surface area contributed by atoms with Crippen molar-refractivity contribution in [2.45, 2.75) is 0 Å². The molecule has 0 bridgehead atoms. The second-order valence-corrected chi connectivity index (χ2v) is 3.55. The first-order chi connectivity index (χ1) is 7.45. The monoisotopic (exact) mass is 192 g/mol. The van der Waals surface area contributed by atoms with E-state index in [2.05, 4.69) is 41.7 Å². The van der Waals surface area contributed by atoms with E-state index >= 15 is 0 Å². The molecule has 0 unspecified atom stereocenters. The Labute approximate surface area is 89.1 Å². The van der Waals surface area contributed by atoms with Crippen LogP contribution in [0.2, 0.25) is 0 Å². The summed E-state index contributed by atoms with van der Waals surface area (Å²) in [5.41, 5.74) is 4.80. The molecular weight excluding hydrogens is 182 g/mol. The van der Waals surface area contributed by atoms with Gasteiger partial charge in [0, 0.05) is 18.2 Å². The first-order valence-corrected chi connectivity index (χ1v) is 5.01. The highest BCUT2D eigenvalue weighted by molar-refractivity contribution is 5.85. The van der Waals surface area contributed by atoms with E-state index in [1.54, 1.807) is 0 Å². The van der Waals surface area contributed by atoms with Gasteiger partial charge in [-0.05, 0) is 23.3 Å². The Balaban J connectivity index is 2.11. The van der Waals surface area contributed by atoms with Crippen molar-refractivity contribution in [2.24, 2.45) is 0 Å². The van der Waals surface area contributed by atoms with Gasteiger partial charge in [0.05, 0.1) is 5.69 Å². The van der Waals surface area contributed by atoms with Crippen LogP contribution in [0.5, 0.6) is 0 Å². The zero-order chi connectivity index (χ0) is 10.1. The fourth-order valence-electron chi connectivity index (χ4n) is 1.90. The van der Waals surface area contributed by atoms with Crippen LogP contribution in [0.4, 0.5) is 0 Å². The summed E-state index contributed by atoms with van der Waals surface area (Å²) in [7, 11) is 0. The Morgan fingerprint density at radius 2 is 1.73 bits per heavy atom. The largest absolute Gasteiger partial charge is 0.256 e. The molecule has 1 aliphatic rings. The summed E-state index contributed by atoms with van der Waals surface area (Å²) >= 11 is 0. The minimum absolute atomic E-state index is 1.04. The summed E-state index contributed by atoms with van der Waals surface area (Å²) in [5.74, 6) is 0. The van der Waals surface area contributed by atoms with Crippen LogP contribution < -0.4 is 0 Å². The van der Waals surface area contributed by atoms with E-state index in [0.717, 1.165) is 5.69 Å². The van der Waals surface area contributed by atoms with Gasteiger partial charge in [-0.15, -0.1) is 0 Å². The number of hydrogen-bond donors (Lipinski definition) is 0. The van der Waals surface area contributed by atoms with Crippen LogP contribution in [0.1, 0.15) is 16.8 Å². The molecule has 0 N–H and O–H groups in total. The van der Waals surface area contributed by atoms with Gasteiger partial charge in [0.15, 0.2) is 0 Å². The molecule has 1 heteroatoms. The average Bonchev–Trinajstić information content (AvgIpc) is 2.74. The molecule has 0 atom stereocenters. The highest BCUT2D eigenvalue weighted by atomic mass is 14.7. The number of rotatable bonds is 1. The maximum atomic E-state index is 4.37. The fraction of sp³-hybridized carbons (Fsp3) is 0. The second kappa shape index (κ2) is 3.35. The van der Waals surface area contributed by atoms with Gasteiger partial charge in [-0.3, -0.25) is 4.98 Å². The van der Waals surface area contributed by atoms with Crippen LogP contribution in [-0.2, 0) is 0 Å². The first kappa shape index (κ1) is 8.42. The molecule has 2 aromatic rings. The molecule has 1 aromatic heterocycles. The maximum absolute atomic E-state index is 4.37. The van der Waals surface area contributed by atoms with E-state index in [-0.39, 0.29) is 0 Å². The van der Waals surface area contributed by atoms with Crippen molar-refractivity contribution in [1.29, 1.82) is 0 Å². The Morgan fingerprint density at radius 1 is 0.867 bits per heavy atom. The van der Waals surface area contributed by atoms with E-state index < -0.39 is 0 Å². The molecule has 1 heterocycles. The maximum Gasteiger partial charge on any atom is 0.0705 e. The molecule has 0 saturated heterocycles. The minimum Gasteiger partial charge on any atom is -0.256 e. The SMILES string of the molecule is [CH]1C=C(c2ccccn2)c2ccccc21. The predicted octanol–water partition coefficient (Wildman–Crippen LogP) is 3.08. The van der Waals surface area contributed by atoms with Crippen LogP contribution in [0.15, 0.2) is 54.7 Å². The molecule has 0 amide bonds. The Kier molecular flexibility index (Phi) is 1.88. The van der Waals surface area contributed by atoms with Crippen LogP contribution in [0.3, 0.4) is 0 Å². The lowest BCUT2D eigenvalue weighted by atomic mass is 10.0. The van der Waals surface area contributed by atoms with Crippen LogP contribution in [0.25, 0.3) is 5.57 Å². The molecule has 15 heavy (non-hydrogen) atoms. The molecule has 0 saturated carbocycles. The summed E-state index contributed by atoms with van der Waals surface area (Å²) in [4.78, 5) is 4.37. The first-order valence-electron chi connectivity index (χ1n) is 5.01. The van der Waals surface area contributed by atoms with Gasteiger partial charge < -0.3 is 0 Å². The zero-order valence-electron chi connectivity index (χ0n) is 8.22. The molecule has 0 aliphatic heterocycles. The topological polar surface area (TPSA) is 12.9 Å². The summed E-state index contributed by atoms with van der Waals surface area (Å²) in [6.07, 6.45) is 6.10. The smallest absolute Gasteiger partial charge is 0.0705 e. The van der Waals surface area contributed by atoms with Gasteiger partial charge in [-0.2, -0.15) is 0 Å². The number of allylic oxidation sites excluding steroid dienone is 1. The van der Waals surface area contributed by atoms with Crippen molar-refractivity contribution in [3.8, 4) is 0 Å². The normalized spacial score (nSPS) is 13.5. The van der Waals surface area contributed by atoms with Crippen molar-refractivity contribution in [3.63, 3.8) is 0 Å². The molecule has 1 nitrogen and oxygen atoms in total. The summed E-state index contributed by atoms with van der Waals surface area (Å²) in [6.45, 7) is 0. The molecule has 0 fully saturated rings. The van der Waals surface area contributed by atoms with Gasteiger partial charge >= 0.3 is 0 Å². The van der Waals surface area contributed by atoms with Crippen LogP contribution in [-0.4, -0.2) is 4.98 Å². The van der Waals surface area contributed by atoms with E-state index in [1.165, 1.54) is 16.7 Å². The summed E-state index contributed by atoms with van der Waals surface area (Å²) in [6, 6.07) is 14.4. The van der Waals surface area contributed by atoms with Crippen molar-refractivity contribution in [2.75, 3.05) is 0 Å². The molecule has 3 rings (SSSR count). The Hall–Kier alpha value is -1.89. The molecule has 1 aliphatic carbocycles. The highest BCUT2D eigenvalue weighted by Crippen LogP contribution is 2.32. The Bertz CT molecular complexity index is 512. The van der Waals surface area contributed by atoms with E-state index in [4.69, 9.17) is 0 Å². The van der Waals surface area contributed by atoms with E-state index in [9.17, 15) is 0 Å². The number of aromatic nitrogens is 1. The highest BCUT2D eigenvalue weighted by Gasteiger charge is 2.15. The second-order valence-electron chi connectivity index (χ2n) is 3.55. The standard InChI is InChI=1S/C14H10N/c1-2-6-12-11(5-1)8-9-13(12)14-7-3-4-10-15-14/h1-10H. The fourth-order valence-corrected chi connectivity index (χ4v) is 1.90. The lowest BCUT2D eigenvalue weighted by Crippen LogP contribution is -1.88. The number of hydrogen-bond acceptors (Lipinski definition) is 1. The van der Waals surface area contributed by atoms with Crippen molar-refractivity contribution >= 4 is 5.57 Å². The zero-order valence-corrected chi connectivity index (χ0v) is 8.22. The third-order valence-electron chi connectivity index (χ3n) is 2.62. The third kappa shape index (κ3) is 1.37. The third-order valence-corrected chi connectivity index (χ3v) is 2.62. The van der Waals surface area contributed by atoms with E-state index in [1.807, 2.05) is 24.4 Å². The van der Waals surface area contributed by atoms with Gasteiger partial charge in [0.25, 0.3) is 0 Å². The minimum atomic E-state index is 1.04.